The Labute approximate surface area is 409 Å². The first-order chi connectivity index (χ1) is 34.7. The number of hydrogen-bond acceptors (Lipinski definition) is 2. The highest BCUT2D eigenvalue weighted by Crippen LogP contribution is 2.65. The highest BCUT2D eigenvalue weighted by molar-refractivity contribution is 6.00. The van der Waals surface area contributed by atoms with Crippen molar-refractivity contribution >= 4 is 34.1 Å². The Morgan fingerprint density at radius 2 is 0.729 bits per heavy atom. The van der Waals surface area contributed by atoms with Crippen molar-refractivity contribution in [1.82, 2.24) is 0 Å². The van der Waals surface area contributed by atoms with Crippen LogP contribution in [0.4, 0.5) is 34.1 Å². The quantitative estimate of drug-likeness (QED) is 0.150. The lowest BCUT2D eigenvalue weighted by Gasteiger charge is -2.44. The highest BCUT2D eigenvalue weighted by Gasteiger charge is 2.52. The average molecular weight is 891 g/mol. The van der Waals surface area contributed by atoms with E-state index in [0.717, 1.165) is 22.7 Å². The summed E-state index contributed by atoms with van der Waals surface area (Å²) in [6, 6.07) is 103. The minimum atomic E-state index is -0.521. The number of fused-ring (bicyclic) bond motifs is 8. The van der Waals surface area contributed by atoms with E-state index in [0.29, 0.717) is 0 Å². The maximum absolute atomic E-state index is 2.48. The van der Waals surface area contributed by atoms with E-state index in [1.54, 1.807) is 0 Å². The highest BCUT2D eigenvalue weighted by atomic mass is 15.2. The number of anilines is 6. The number of hydrogen-bond donors (Lipinski definition) is 0. The predicted molar refractivity (Wildman–Crippen MR) is 289 cm³/mol. The molecule has 14 rings (SSSR count). The third-order valence-electron chi connectivity index (χ3n) is 15.3. The van der Waals surface area contributed by atoms with E-state index in [1.165, 1.54) is 89.3 Å². The predicted octanol–water partition coefficient (Wildman–Crippen LogP) is 17.3. The Morgan fingerprint density at radius 3 is 1.41 bits per heavy atom. The van der Waals surface area contributed by atoms with Crippen LogP contribution in [-0.2, 0) is 10.8 Å². The normalized spacial score (nSPS) is 15.3. The molecule has 0 saturated carbocycles. The van der Waals surface area contributed by atoms with Gasteiger partial charge in [-0.05, 0) is 139 Å². The molecule has 70 heavy (non-hydrogen) atoms. The zero-order valence-electron chi connectivity index (χ0n) is 38.5. The van der Waals surface area contributed by atoms with E-state index in [4.69, 9.17) is 0 Å². The van der Waals surface area contributed by atoms with Crippen LogP contribution < -0.4 is 9.80 Å². The van der Waals surface area contributed by atoms with Gasteiger partial charge >= 0.3 is 0 Å². The molecule has 0 aromatic heterocycles. The molecule has 0 radical (unpaired) electrons. The topological polar surface area (TPSA) is 6.48 Å². The molecular formula is C68H46N2. The van der Waals surface area contributed by atoms with Gasteiger partial charge in [-0.1, -0.05) is 212 Å². The Hall–Kier alpha value is -8.98. The molecule has 1 unspecified atom stereocenters. The summed E-state index contributed by atoms with van der Waals surface area (Å²) < 4.78 is 0. The maximum atomic E-state index is 2.48. The summed E-state index contributed by atoms with van der Waals surface area (Å²) in [6.45, 7) is 0. The smallest absolute Gasteiger partial charge is 0.0754 e. The van der Waals surface area contributed by atoms with Crippen LogP contribution in [0, 0.1) is 0 Å². The van der Waals surface area contributed by atoms with Gasteiger partial charge in [-0.3, -0.25) is 0 Å². The van der Waals surface area contributed by atoms with Gasteiger partial charge in [0, 0.05) is 28.3 Å². The Morgan fingerprint density at radius 1 is 0.271 bits per heavy atom. The average Bonchev–Trinajstić information content (AvgIpc) is 3.91. The van der Waals surface area contributed by atoms with Gasteiger partial charge in [-0.15, -0.1) is 0 Å². The third kappa shape index (κ3) is 5.68. The number of para-hydroxylation sites is 3. The molecular weight excluding hydrogens is 845 g/mol. The van der Waals surface area contributed by atoms with E-state index in [9.17, 15) is 0 Å². The van der Waals surface area contributed by atoms with Gasteiger partial charge in [-0.2, -0.15) is 0 Å². The van der Waals surface area contributed by atoms with Crippen molar-refractivity contribution in [1.29, 1.82) is 0 Å². The first kappa shape index (κ1) is 40.1. The van der Waals surface area contributed by atoms with Gasteiger partial charge in [-0.25, -0.2) is 0 Å². The van der Waals surface area contributed by atoms with Crippen LogP contribution in [0.15, 0.2) is 279 Å². The molecule has 2 nitrogen and oxygen atoms in total. The molecule has 2 aliphatic carbocycles. The second kappa shape index (κ2) is 15.8. The summed E-state index contributed by atoms with van der Waals surface area (Å²) in [5.74, 6) is 0. The van der Waals surface area contributed by atoms with Gasteiger partial charge < -0.3 is 9.80 Å². The standard InChI is InChI=1S/C68H46N2/c1-6-21-49(22-7-1)67(50-23-8-2-9-24-50)60-33-17-16-31-56(60)57-44-42-55(46-63(57)67)69(52-27-12-4-13-28-52)54-40-37-47(38-41-54)48-39-43-58-59-32-20-36-65-66(59)68(62(58)45-48,51-25-10-3-11-26-51)61-34-18-19-35-64(61)70(65)53-29-14-5-15-30-53/h1-46H. The Kier molecular flexibility index (Phi) is 9.06. The monoisotopic (exact) mass is 890 g/mol. The van der Waals surface area contributed by atoms with Gasteiger partial charge in [0.15, 0.2) is 0 Å². The lowest BCUT2D eigenvalue weighted by atomic mass is 9.64. The van der Waals surface area contributed by atoms with Crippen molar-refractivity contribution < 1.29 is 0 Å². The fraction of sp³-hybridized carbons (Fsp3) is 0.0294. The molecule has 0 N–H and O–H groups in total. The number of benzene rings is 11. The lowest BCUT2D eigenvalue weighted by Crippen LogP contribution is -2.35. The second-order valence-electron chi connectivity index (χ2n) is 18.7. The van der Waals surface area contributed by atoms with Crippen LogP contribution in [0.3, 0.4) is 0 Å². The SMILES string of the molecule is c1ccc(N(c2ccc(-c3ccc4c(c3)C3(c5ccccc5)c5ccccc5N(c5ccccc5)c5cccc-4c53)cc2)c2ccc3c(c2)C(c2ccccc2)(c2ccccc2)c2ccccc2-3)cc1. The largest absolute Gasteiger partial charge is 0.310 e. The molecule has 1 atom stereocenters. The number of rotatable bonds is 8. The van der Waals surface area contributed by atoms with Crippen molar-refractivity contribution in [3.8, 4) is 33.4 Å². The Balaban J connectivity index is 0.920. The minimum Gasteiger partial charge on any atom is -0.310 e. The zero-order valence-corrected chi connectivity index (χ0v) is 38.5. The summed E-state index contributed by atoms with van der Waals surface area (Å²) in [6.07, 6.45) is 0. The van der Waals surface area contributed by atoms with Crippen LogP contribution in [0.1, 0.15) is 44.5 Å². The van der Waals surface area contributed by atoms with E-state index >= 15 is 0 Å². The summed E-state index contributed by atoms with van der Waals surface area (Å²) in [5.41, 5.74) is 23.7. The summed E-state index contributed by atoms with van der Waals surface area (Å²) in [7, 11) is 0. The molecule has 1 heterocycles. The van der Waals surface area contributed by atoms with Crippen molar-refractivity contribution in [2.45, 2.75) is 10.8 Å². The zero-order chi connectivity index (χ0) is 46.2. The Bertz CT molecular complexity index is 3720. The van der Waals surface area contributed by atoms with Gasteiger partial charge in [0.2, 0.25) is 0 Å². The van der Waals surface area contributed by atoms with Gasteiger partial charge in [0.05, 0.1) is 22.2 Å². The van der Waals surface area contributed by atoms with Crippen molar-refractivity contribution in [3.63, 3.8) is 0 Å². The van der Waals surface area contributed by atoms with Gasteiger partial charge in [0.25, 0.3) is 0 Å². The molecule has 0 spiro atoms. The second-order valence-corrected chi connectivity index (χ2v) is 18.7. The first-order valence-electron chi connectivity index (χ1n) is 24.3. The minimum absolute atomic E-state index is 0.500. The molecule has 1 aliphatic heterocycles. The fourth-order valence-corrected chi connectivity index (χ4v) is 12.5. The molecule has 11 aromatic rings. The summed E-state index contributed by atoms with van der Waals surface area (Å²) >= 11 is 0. The third-order valence-corrected chi connectivity index (χ3v) is 15.3. The van der Waals surface area contributed by atoms with Crippen LogP contribution in [0.2, 0.25) is 0 Å². The first-order valence-corrected chi connectivity index (χ1v) is 24.3. The summed E-state index contributed by atoms with van der Waals surface area (Å²) in [5, 5.41) is 0. The molecule has 11 aromatic carbocycles. The molecule has 0 fully saturated rings. The molecule has 0 bridgehead atoms. The van der Waals surface area contributed by atoms with Crippen molar-refractivity contribution in [2.24, 2.45) is 0 Å². The van der Waals surface area contributed by atoms with E-state index in [2.05, 4.69) is 289 Å². The van der Waals surface area contributed by atoms with Crippen LogP contribution >= 0.6 is 0 Å². The van der Waals surface area contributed by atoms with E-state index in [1.807, 2.05) is 0 Å². The van der Waals surface area contributed by atoms with Gasteiger partial charge in [0.1, 0.15) is 0 Å². The molecule has 0 saturated heterocycles. The summed E-state index contributed by atoms with van der Waals surface area (Å²) in [4.78, 5) is 4.87. The maximum Gasteiger partial charge on any atom is 0.0754 e. The van der Waals surface area contributed by atoms with E-state index in [-0.39, 0.29) is 0 Å². The number of nitrogens with zero attached hydrogens (tertiary/aromatic N) is 2. The molecule has 0 amide bonds. The molecule has 2 heteroatoms. The van der Waals surface area contributed by atoms with Crippen LogP contribution in [0.25, 0.3) is 33.4 Å². The van der Waals surface area contributed by atoms with Crippen LogP contribution in [0.5, 0.6) is 0 Å². The van der Waals surface area contributed by atoms with Crippen molar-refractivity contribution in [2.75, 3.05) is 9.80 Å². The molecule has 328 valence electrons. The fourth-order valence-electron chi connectivity index (χ4n) is 12.5. The lowest BCUT2D eigenvalue weighted by molar-refractivity contribution is 0.754. The van der Waals surface area contributed by atoms with E-state index < -0.39 is 10.8 Å². The molecule has 3 aliphatic rings. The van der Waals surface area contributed by atoms with Crippen LogP contribution in [-0.4, -0.2) is 0 Å². The van der Waals surface area contributed by atoms with Crippen molar-refractivity contribution in [3.05, 3.63) is 324 Å².